The Bertz CT molecular complexity index is 1510. The minimum atomic E-state index is -2.95. The normalized spacial score (nSPS) is 43.2. The van der Waals surface area contributed by atoms with Crippen LogP contribution < -0.4 is 11.1 Å². The van der Waals surface area contributed by atoms with Crippen molar-refractivity contribution in [1.29, 1.82) is 0 Å². The minimum Gasteiger partial charge on any atom is -0.481 e. The molecular formula is C42H71N3O6S. The molecule has 1 aliphatic heterocycles. The molecule has 6 aliphatic rings. The van der Waals surface area contributed by atoms with Crippen LogP contribution in [-0.2, 0) is 24.2 Å². The van der Waals surface area contributed by atoms with Gasteiger partial charge in [0.15, 0.2) is 9.84 Å². The highest BCUT2D eigenvalue weighted by Crippen LogP contribution is 2.76. The van der Waals surface area contributed by atoms with Crippen LogP contribution in [0.15, 0.2) is 12.2 Å². The maximum absolute atomic E-state index is 13.1. The van der Waals surface area contributed by atoms with Gasteiger partial charge < -0.3 is 20.9 Å². The van der Waals surface area contributed by atoms with Gasteiger partial charge in [-0.25, -0.2) is 8.42 Å². The highest BCUT2D eigenvalue weighted by molar-refractivity contribution is 7.91. The van der Waals surface area contributed by atoms with Gasteiger partial charge >= 0.3 is 11.9 Å². The van der Waals surface area contributed by atoms with E-state index in [1.165, 1.54) is 37.7 Å². The highest BCUT2D eigenvalue weighted by Gasteiger charge is 2.71. The topological polar surface area (TPSA) is 139 Å². The average molecular weight is 746 g/mol. The second-order valence-corrected chi connectivity index (χ2v) is 22.8. The first kappa shape index (κ1) is 40.2. The van der Waals surface area contributed by atoms with Crippen molar-refractivity contribution in [2.75, 3.05) is 37.7 Å². The molecule has 6 fully saturated rings. The second kappa shape index (κ2) is 13.6. The van der Waals surface area contributed by atoms with Crippen molar-refractivity contribution in [1.82, 2.24) is 10.2 Å². The standard InChI is InChI=1S/C42H71N3O6S/c1-27(2)29-12-17-42(44-26-28(25-43)45-20-22-52(49,50)23-21-45)19-18-40(8)30(35(29)42)10-11-32-39(7)15-14-33(51-34(46)24-37(3,4)36(47)48)38(5,6)31(39)13-16-41(32,40)9/h28-33,35,44H,1,10-26,43H2,2-9H3,(H,47,48)/t28-,29-,30+,31-,32+,33-,35+,39-,40+,41+,42-/m0/s1. The Kier molecular flexibility index (Phi) is 10.5. The van der Waals surface area contributed by atoms with E-state index in [9.17, 15) is 23.1 Å². The van der Waals surface area contributed by atoms with E-state index >= 15 is 0 Å². The molecule has 296 valence electrons. The Morgan fingerprint density at radius 3 is 2.23 bits per heavy atom. The highest BCUT2D eigenvalue weighted by atomic mass is 32.2. The van der Waals surface area contributed by atoms with Crippen LogP contribution in [0.4, 0.5) is 0 Å². The first-order valence-corrected chi connectivity index (χ1v) is 22.4. The zero-order valence-electron chi connectivity index (χ0n) is 33.7. The Morgan fingerprint density at radius 1 is 0.942 bits per heavy atom. The second-order valence-electron chi connectivity index (χ2n) is 20.5. The number of carboxylic acids is 1. The molecule has 0 aromatic rings. The summed E-state index contributed by atoms with van der Waals surface area (Å²) >= 11 is 0. The maximum atomic E-state index is 13.1. The molecule has 10 heteroatoms. The summed E-state index contributed by atoms with van der Waals surface area (Å²) < 4.78 is 30.5. The number of fused-ring (bicyclic) bond motifs is 7. The molecule has 0 unspecified atom stereocenters. The predicted octanol–water partition coefficient (Wildman–Crippen LogP) is 6.46. The van der Waals surface area contributed by atoms with Crippen LogP contribution in [0.2, 0.25) is 0 Å². The Hall–Kier alpha value is -1.49. The Morgan fingerprint density at radius 2 is 1.62 bits per heavy atom. The van der Waals surface area contributed by atoms with Gasteiger partial charge in [0.25, 0.3) is 0 Å². The van der Waals surface area contributed by atoms with Crippen LogP contribution in [0, 0.1) is 56.7 Å². The molecule has 6 rings (SSSR count). The van der Waals surface area contributed by atoms with E-state index in [1.807, 2.05) is 0 Å². The molecule has 5 saturated carbocycles. The van der Waals surface area contributed by atoms with Gasteiger partial charge in [-0.15, -0.1) is 0 Å². The van der Waals surface area contributed by atoms with E-state index in [0.29, 0.717) is 49.2 Å². The lowest BCUT2D eigenvalue weighted by atomic mass is 9.32. The van der Waals surface area contributed by atoms with E-state index in [-0.39, 0.29) is 57.3 Å². The number of ether oxygens (including phenoxy) is 1. The van der Waals surface area contributed by atoms with E-state index in [4.69, 9.17) is 10.5 Å². The van der Waals surface area contributed by atoms with Gasteiger partial charge in [-0.3, -0.25) is 14.5 Å². The first-order chi connectivity index (χ1) is 24.1. The SMILES string of the molecule is C=C(C)[C@@H]1CC[C@]2(NC[C@H](CN)N3CCS(=O)(=O)CC3)CC[C@]3(C)[C@H](CC[C@@H]4[C@@]5(C)CC[C@H](OC(=O)CC(C)(C)C(=O)O)C(C)(C)[C@@H]5CC[C@]43C)[C@@H]12. The van der Waals surface area contributed by atoms with Crippen molar-refractivity contribution >= 4 is 21.8 Å². The Balaban J connectivity index is 1.22. The number of esters is 1. The van der Waals surface area contributed by atoms with Gasteiger partial charge in [0.05, 0.1) is 23.3 Å². The zero-order chi connectivity index (χ0) is 38.3. The summed E-state index contributed by atoms with van der Waals surface area (Å²) in [6, 6.07) is 0.132. The van der Waals surface area contributed by atoms with Gasteiger partial charge in [-0.1, -0.05) is 46.8 Å². The number of hydrogen-bond donors (Lipinski definition) is 3. The van der Waals surface area contributed by atoms with Crippen molar-refractivity contribution < 1.29 is 27.9 Å². The number of sulfone groups is 1. The molecule has 52 heavy (non-hydrogen) atoms. The lowest BCUT2D eigenvalue weighted by Gasteiger charge is -2.73. The number of carbonyl (C=O) groups is 2. The number of nitrogens with one attached hydrogen (secondary N) is 1. The third-order valence-electron chi connectivity index (χ3n) is 17.3. The van der Waals surface area contributed by atoms with Gasteiger partial charge in [-0.05, 0) is 131 Å². The van der Waals surface area contributed by atoms with E-state index in [1.54, 1.807) is 13.8 Å². The fourth-order valence-corrected chi connectivity index (χ4v) is 15.3. The van der Waals surface area contributed by atoms with E-state index in [0.717, 1.165) is 38.6 Å². The van der Waals surface area contributed by atoms with Crippen LogP contribution >= 0.6 is 0 Å². The fourth-order valence-electron chi connectivity index (χ4n) is 14.0. The molecule has 0 amide bonds. The summed E-state index contributed by atoms with van der Waals surface area (Å²) in [6.45, 7) is 25.0. The number of aliphatic carboxylic acids is 1. The third kappa shape index (κ3) is 6.43. The van der Waals surface area contributed by atoms with Crippen molar-refractivity contribution in [3.63, 3.8) is 0 Å². The molecule has 9 nitrogen and oxygen atoms in total. The Labute approximate surface area is 314 Å². The maximum Gasteiger partial charge on any atom is 0.309 e. The molecule has 1 heterocycles. The summed E-state index contributed by atoms with van der Waals surface area (Å²) in [6.07, 6.45) is 11.0. The van der Waals surface area contributed by atoms with Crippen molar-refractivity contribution in [3.05, 3.63) is 12.2 Å². The van der Waals surface area contributed by atoms with E-state index in [2.05, 4.69) is 58.3 Å². The van der Waals surface area contributed by atoms with E-state index < -0.39 is 27.2 Å². The van der Waals surface area contributed by atoms with Gasteiger partial charge in [0, 0.05) is 43.2 Å². The van der Waals surface area contributed by atoms with Crippen LogP contribution in [-0.4, -0.2) is 85.7 Å². The summed E-state index contributed by atoms with van der Waals surface area (Å²) in [5, 5.41) is 13.8. The molecule has 0 spiro atoms. The molecule has 0 bridgehead atoms. The summed E-state index contributed by atoms with van der Waals surface area (Å²) in [5.41, 5.74) is 6.93. The number of allylic oxidation sites excluding steroid dienone is 1. The number of nitrogens with zero attached hydrogens (tertiary/aromatic N) is 1. The quantitative estimate of drug-likeness (QED) is 0.170. The number of carboxylic acid groups (broad SMARTS) is 1. The fraction of sp³-hybridized carbons (Fsp3) is 0.905. The van der Waals surface area contributed by atoms with Crippen LogP contribution in [0.1, 0.15) is 126 Å². The molecule has 5 aliphatic carbocycles. The van der Waals surface area contributed by atoms with Gasteiger partial charge in [-0.2, -0.15) is 0 Å². The molecule has 0 aromatic heterocycles. The number of carbonyl (C=O) groups excluding carboxylic acids is 1. The summed E-state index contributed by atoms with van der Waals surface area (Å²) in [4.78, 5) is 27.1. The first-order valence-electron chi connectivity index (χ1n) is 20.5. The largest absolute Gasteiger partial charge is 0.481 e. The lowest BCUT2D eigenvalue weighted by molar-refractivity contribution is -0.246. The molecule has 11 atom stereocenters. The molecule has 0 aromatic carbocycles. The molecule has 4 N–H and O–H groups in total. The summed E-state index contributed by atoms with van der Waals surface area (Å²) in [7, 11) is -2.95. The van der Waals surface area contributed by atoms with Crippen molar-refractivity contribution in [2.24, 2.45) is 62.4 Å². The molecule has 0 radical (unpaired) electrons. The van der Waals surface area contributed by atoms with Crippen LogP contribution in [0.5, 0.6) is 0 Å². The third-order valence-corrected chi connectivity index (χ3v) is 18.9. The minimum absolute atomic E-state index is 0.0481. The van der Waals surface area contributed by atoms with Gasteiger partial charge in [0.2, 0.25) is 0 Å². The molecule has 1 saturated heterocycles. The van der Waals surface area contributed by atoms with Gasteiger partial charge in [0.1, 0.15) is 6.10 Å². The average Bonchev–Trinajstić information content (AvgIpc) is 3.43. The van der Waals surface area contributed by atoms with Crippen LogP contribution in [0.25, 0.3) is 0 Å². The monoisotopic (exact) mass is 746 g/mol. The lowest BCUT2D eigenvalue weighted by Crippen LogP contribution is -2.69. The van der Waals surface area contributed by atoms with Crippen molar-refractivity contribution in [2.45, 2.75) is 144 Å². The van der Waals surface area contributed by atoms with Crippen LogP contribution in [0.3, 0.4) is 0 Å². The molecular weight excluding hydrogens is 675 g/mol. The number of hydrogen-bond acceptors (Lipinski definition) is 8. The predicted molar refractivity (Wildman–Crippen MR) is 206 cm³/mol. The van der Waals surface area contributed by atoms with Crippen molar-refractivity contribution in [3.8, 4) is 0 Å². The summed E-state index contributed by atoms with van der Waals surface area (Å²) in [5.74, 6) is 1.70. The zero-order valence-corrected chi connectivity index (χ0v) is 34.5. The number of nitrogens with two attached hydrogens (primary N) is 1. The number of rotatable bonds is 10. The smallest absolute Gasteiger partial charge is 0.309 e.